The van der Waals surface area contributed by atoms with Crippen LogP contribution in [0.4, 0.5) is 0 Å². The first kappa shape index (κ1) is 69.5. The first-order chi connectivity index (χ1) is 34.4. The van der Waals surface area contributed by atoms with Gasteiger partial charge in [-0.2, -0.15) is 0 Å². The molecule has 2 N–H and O–H groups in total. The zero-order valence-electron chi connectivity index (χ0n) is 48.0. The zero-order chi connectivity index (χ0) is 52.2. The molecule has 9 nitrogen and oxygen atoms in total. The summed E-state index contributed by atoms with van der Waals surface area (Å²) < 4.78 is 30.7. The highest BCUT2D eigenvalue weighted by Crippen LogP contribution is 2.43. The lowest BCUT2D eigenvalue weighted by Gasteiger charge is -2.27. The number of ether oxygens (including phenoxy) is 1. The van der Waals surface area contributed by atoms with E-state index in [2.05, 4.69) is 38.2 Å². The second-order valence-corrected chi connectivity index (χ2v) is 23.7. The summed E-state index contributed by atoms with van der Waals surface area (Å²) in [5, 5.41) is 3.06. The summed E-state index contributed by atoms with van der Waals surface area (Å²) in [6, 6.07) is -0.843. The Morgan fingerprint density at radius 3 is 1.21 bits per heavy atom. The summed E-state index contributed by atoms with van der Waals surface area (Å²) in [7, 11) is 1.51. The fourth-order valence-electron chi connectivity index (χ4n) is 9.11. The van der Waals surface area contributed by atoms with Gasteiger partial charge < -0.3 is 19.4 Å². The van der Waals surface area contributed by atoms with E-state index in [0.717, 1.165) is 57.8 Å². The number of unbranched alkanes of at least 4 members (excludes halogenated alkanes) is 38. The Bertz CT molecular complexity index is 1270. The molecule has 1 amide bonds. The lowest BCUT2D eigenvalue weighted by Crippen LogP contribution is -2.47. The second kappa shape index (κ2) is 52.0. The number of rotatable bonds is 56. The standard InChI is InChI=1S/C61H119N2O7P/c1-7-10-13-16-19-22-25-27-29-30-31-32-34-35-38-41-44-47-50-53-60(64)62-58(57-69-71(66,67)68-56-55-63(4,5)6)59(52-49-46-43-40-37-24-21-18-15-12-9-3)70-61(65)54-51-48-45-42-39-36-33-28-26-23-20-17-14-11-8-2/h23,26,49,52,58-59H,7-22,24-25,27-48,50-51,53-57H2,1-6H3,(H-,62,64,66,67)/p+1/b26-23-,52-49+. The summed E-state index contributed by atoms with van der Waals surface area (Å²) >= 11 is 0. The number of likely N-dealkylation sites (N-methyl/N-ethyl adjacent to an activating group) is 1. The minimum atomic E-state index is -4.44. The molecule has 0 aromatic heterocycles. The number of carbonyl (C=O) groups is 2. The van der Waals surface area contributed by atoms with Gasteiger partial charge in [-0.25, -0.2) is 4.57 Å². The number of quaternary nitrogens is 1. The number of phosphoric acid groups is 1. The Kier molecular flexibility index (Phi) is 50.8. The van der Waals surface area contributed by atoms with Crippen LogP contribution >= 0.6 is 7.82 Å². The number of carbonyl (C=O) groups excluding carboxylic acids is 2. The van der Waals surface area contributed by atoms with Crippen molar-refractivity contribution in [1.82, 2.24) is 5.32 Å². The Balaban J connectivity index is 5.20. The minimum Gasteiger partial charge on any atom is -0.456 e. The van der Waals surface area contributed by atoms with Gasteiger partial charge in [0.05, 0.1) is 33.8 Å². The Morgan fingerprint density at radius 2 is 0.817 bits per heavy atom. The summed E-state index contributed by atoms with van der Waals surface area (Å²) in [4.78, 5) is 37.6. The van der Waals surface area contributed by atoms with Gasteiger partial charge in [0.15, 0.2) is 0 Å². The third-order valence-electron chi connectivity index (χ3n) is 13.9. The number of phosphoric ester groups is 1. The average molecular weight is 1020 g/mol. The van der Waals surface area contributed by atoms with Crippen LogP contribution in [0.3, 0.4) is 0 Å². The van der Waals surface area contributed by atoms with Crippen LogP contribution in [0.15, 0.2) is 24.3 Å². The maximum Gasteiger partial charge on any atom is 0.472 e. The van der Waals surface area contributed by atoms with Crippen molar-refractivity contribution in [3.05, 3.63) is 24.3 Å². The van der Waals surface area contributed by atoms with Crippen molar-refractivity contribution in [3.8, 4) is 0 Å². The van der Waals surface area contributed by atoms with E-state index in [1.54, 1.807) is 0 Å². The van der Waals surface area contributed by atoms with E-state index in [1.807, 2.05) is 33.3 Å². The van der Waals surface area contributed by atoms with E-state index in [0.29, 0.717) is 23.9 Å². The summed E-state index contributed by atoms with van der Waals surface area (Å²) in [6.45, 7) is 7.03. The van der Waals surface area contributed by atoms with Gasteiger partial charge in [-0.1, -0.05) is 257 Å². The monoisotopic (exact) mass is 1020 g/mol. The van der Waals surface area contributed by atoms with Gasteiger partial charge >= 0.3 is 13.8 Å². The van der Waals surface area contributed by atoms with Gasteiger partial charge in [-0.3, -0.25) is 18.6 Å². The quantitative estimate of drug-likeness (QED) is 0.0205. The normalized spacial score (nSPS) is 13.8. The van der Waals surface area contributed by atoms with Crippen LogP contribution in [0, 0.1) is 0 Å². The van der Waals surface area contributed by atoms with Crippen LogP contribution in [0.2, 0.25) is 0 Å². The highest BCUT2D eigenvalue weighted by atomic mass is 31.2. The van der Waals surface area contributed by atoms with E-state index >= 15 is 0 Å². The highest BCUT2D eigenvalue weighted by molar-refractivity contribution is 7.47. The van der Waals surface area contributed by atoms with Crippen LogP contribution in [0.25, 0.3) is 0 Å². The largest absolute Gasteiger partial charge is 0.472 e. The van der Waals surface area contributed by atoms with Crippen LogP contribution in [0.5, 0.6) is 0 Å². The van der Waals surface area contributed by atoms with Gasteiger partial charge in [-0.15, -0.1) is 0 Å². The van der Waals surface area contributed by atoms with E-state index in [1.165, 1.54) is 212 Å². The summed E-state index contributed by atoms with van der Waals surface area (Å²) in [5.74, 6) is -0.496. The molecule has 0 radical (unpaired) electrons. The van der Waals surface area contributed by atoms with Gasteiger partial charge in [0.2, 0.25) is 5.91 Å². The van der Waals surface area contributed by atoms with Crippen molar-refractivity contribution < 1.29 is 37.3 Å². The third-order valence-corrected chi connectivity index (χ3v) is 14.9. The molecule has 71 heavy (non-hydrogen) atoms. The fraction of sp³-hybridized carbons (Fsp3) is 0.902. The minimum absolute atomic E-state index is 0.0430. The van der Waals surface area contributed by atoms with Crippen molar-refractivity contribution >= 4 is 19.7 Å². The van der Waals surface area contributed by atoms with Crippen molar-refractivity contribution in [2.45, 2.75) is 315 Å². The summed E-state index contributed by atoms with van der Waals surface area (Å²) in [6.07, 6.45) is 60.3. The lowest BCUT2D eigenvalue weighted by atomic mass is 10.0. The maximum absolute atomic E-state index is 13.5. The number of hydrogen-bond donors (Lipinski definition) is 2. The molecule has 0 aromatic rings. The molecule has 10 heteroatoms. The first-order valence-corrected chi connectivity index (χ1v) is 32.2. The van der Waals surface area contributed by atoms with Crippen molar-refractivity contribution in [2.75, 3.05) is 40.9 Å². The molecule has 3 unspecified atom stereocenters. The topological polar surface area (TPSA) is 111 Å². The number of esters is 1. The van der Waals surface area contributed by atoms with Gasteiger partial charge in [-0.05, 0) is 57.4 Å². The fourth-order valence-corrected chi connectivity index (χ4v) is 9.85. The molecule has 0 aliphatic heterocycles. The van der Waals surface area contributed by atoms with E-state index in [-0.39, 0.29) is 25.1 Å². The third kappa shape index (κ3) is 53.1. The molecule has 420 valence electrons. The molecule has 0 spiro atoms. The van der Waals surface area contributed by atoms with E-state index in [9.17, 15) is 19.0 Å². The van der Waals surface area contributed by atoms with Gasteiger partial charge in [0.25, 0.3) is 0 Å². The molecule has 0 fully saturated rings. The van der Waals surface area contributed by atoms with Crippen LogP contribution in [-0.2, 0) is 27.9 Å². The highest BCUT2D eigenvalue weighted by Gasteiger charge is 2.30. The molecule has 0 saturated heterocycles. The maximum atomic E-state index is 13.5. The molecule has 0 heterocycles. The molecule has 0 aliphatic carbocycles. The van der Waals surface area contributed by atoms with Crippen molar-refractivity contribution in [2.24, 2.45) is 0 Å². The van der Waals surface area contributed by atoms with Crippen LogP contribution in [-0.4, -0.2) is 74.3 Å². The van der Waals surface area contributed by atoms with Crippen LogP contribution < -0.4 is 5.32 Å². The average Bonchev–Trinajstić information content (AvgIpc) is 3.33. The van der Waals surface area contributed by atoms with Gasteiger partial charge in [0, 0.05) is 12.8 Å². The molecule has 0 aromatic carbocycles. The molecule has 0 rings (SSSR count). The Labute approximate surface area is 441 Å². The second-order valence-electron chi connectivity index (χ2n) is 22.2. The predicted molar refractivity (Wildman–Crippen MR) is 305 cm³/mol. The number of amides is 1. The zero-order valence-corrected chi connectivity index (χ0v) is 48.9. The Hall–Kier alpha value is -1.51. The lowest BCUT2D eigenvalue weighted by molar-refractivity contribution is -0.870. The molecular formula is C61H120N2O7P+. The number of nitrogens with one attached hydrogen (secondary N) is 1. The molecule has 0 saturated carbocycles. The SMILES string of the molecule is CCCCCC/C=C\CCCCCCCCCC(=O)OC(/C=C/CCCCCCCCCCC)C(COP(=O)(O)OCC[N+](C)(C)C)NC(=O)CCCCCCCCCCCCCCCCCCCCC. The predicted octanol–water partition coefficient (Wildman–Crippen LogP) is 18.6. The summed E-state index contributed by atoms with van der Waals surface area (Å²) in [5.41, 5.74) is 0. The number of hydrogen-bond acceptors (Lipinski definition) is 6. The molecular weight excluding hydrogens is 904 g/mol. The van der Waals surface area contributed by atoms with Crippen LogP contribution in [0.1, 0.15) is 303 Å². The van der Waals surface area contributed by atoms with Crippen molar-refractivity contribution in [3.63, 3.8) is 0 Å². The Morgan fingerprint density at radius 1 is 0.479 bits per heavy atom. The van der Waals surface area contributed by atoms with E-state index < -0.39 is 20.0 Å². The van der Waals surface area contributed by atoms with Gasteiger partial charge in [0.1, 0.15) is 19.3 Å². The molecule has 3 atom stereocenters. The molecule has 0 aliphatic rings. The smallest absolute Gasteiger partial charge is 0.456 e. The van der Waals surface area contributed by atoms with Crippen molar-refractivity contribution in [1.29, 1.82) is 0 Å². The molecule has 0 bridgehead atoms. The van der Waals surface area contributed by atoms with E-state index in [4.69, 9.17) is 13.8 Å². The first-order valence-electron chi connectivity index (χ1n) is 30.7. The number of allylic oxidation sites excluding steroid dienone is 3. The number of nitrogens with zero attached hydrogens (tertiary/aromatic N) is 1.